The maximum absolute atomic E-state index is 6.68. The second-order valence-electron chi connectivity index (χ2n) is 11.2. The molecule has 0 aliphatic carbocycles. The third-order valence-corrected chi connectivity index (χ3v) is 8.62. The topological polar surface area (TPSA) is 19.1 Å². The Balaban J connectivity index is 1.25. The zero-order chi connectivity index (χ0) is 27.2. The zero-order valence-electron chi connectivity index (χ0n) is 22.8. The predicted octanol–water partition coefficient (Wildman–Crippen LogP) is 10.3. The molecule has 1 aliphatic rings. The maximum Gasteiger partial charge on any atom is 0.160 e. The van der Waals surface area contributed by atoms with Crippen molar-refractivity contribution in [3.8, 4) is 34.0 Å². The van der Waals surface area contributed by atoms with Gasteiger partial charge in [0, 0.05) is 32.8 Å². The summed E-state index contributed by atoms with van der Waals surface area (Å²) in [4.78, 5) is 0. The smallest absolute Gasteiger partial charge is 0.160 e. The molecule has 0 amide bonds. The number of hydrogen-bond donors (Lipinski definition) is 0. The summed E-state index contributed by atoms with van der Waals surface area (Å²) in [5, 5.41) is 5.04. The van der Waals surface area contributed by atoms with E-state index in [1.54, 1.807) is 0 Å². The molecule has 0 saturated carbocycles. The van der Waals surface area contributed by atoms with E-state index in [2.05, 4.69) is 138 Å². The van der Waals surface area contributed by atoms with E-state index < -0.39 is 0 Å². The maximum atomic E-state index is 6.68. The van der Waals surface area contributed by atoms with Crippen molar-refractivity contribution in [1.29, 1.82) is 0 Å². The lowest BCUT2D eigenvalue weighted by Crippen LogP contribution is -2.05. The Kier molecular flexibility index (Phi) is 4.46. The first-order valence-electron chi connectivity index (χ1n) is 14.1. The summed E-state index contributed by atoms with van der Waals surface area (Å²) in [6.45, 7) is 4.33. The molecule has 0 radical (unpaired) electrons. The summed E-state index contributed by atoms with van der Waals surface area (Å²) in [5.74, 6) is 1.79. The Labute approximate surface area is 237 Å². The van der Waals surface area contributed by atoms with Crippen LogP contribution in [0.3, 0.4) is 0 Å². The fourth-order valence-electron chi connectivity index (χ4n) is 6.77. The first-order valence-corrected chi connectivity index (χ1v) is 14.1. The highest BCUT2D eigenvalue weighted by atomic mass is 16.5. The van der Waals surface area contributed by atoms with Crippen molar-refractivity contribution < 1.29 is 4.74 Å². The van der Waals surface area contributed by atoms with Crippen LogP contribution in [0.1, 0.15) is 11.1 Å². The summed E-state index contributed by atoms with van der Waals surface area (Å²) < 4.78 is 11.4. The molecule has 0 spiro atoms. The summed E-state index contributed by atoms with van der Waals surface area (Å²) in [7, 11) is 0. The zero-order valence-corrected chi connectivity index (χ0v) is 22.8. The molecule has 9 rings (SSSR count). The van der Waals surface area contributed by atoms with Crippen molar-refractivity contribution >= 4 is 43.6 Å². The molecular formula is C38H26N2O. The van der Waals surface area contributed by atoms with E-state index >= 15 is 0 Å². The van der Waals surface area contributed by atoms with Gasteiger partial charge in [-0.25, -0.2) is 0 Å². The molecule has 8 aromatic rings. The summed E-state index contributed by atoms with van der Waals surface area (Å²) >= 11 is 0. The van der Waals surface area contributed by atoms with E-state index in [9.17, 15) is 0 Å². The molecule has 0 fully saturated rings. The minimum atomic E-state index is 0.877. The van der Waals surface area contributed by atoms with Gasteiger partial charge in [0.1, 0.15) is 0 Å². The number of nitrogens with zero attached hydrogens (tertiary/aromatic N) is 2. The Morgan fingerprint density at radius 1 is 0.512 bits per heavy atom. The predicted molar refractivity (Wildman–Crippen MR) is 170 cm³/mol. The number of ether oxygens (including phenoxy) is 1. The van der Waals surface area contributed by atoms with Gasteiger partial charge in [0.25, 0.3) is 0 Å². The molecule has 41 heavy (non-hydrogen) atoms. The first-order chi connectivity index (χ1) is 20.2. The van der Waals surface area contributed by atoms with E-state index in [0.717, 1.165) is 39.5 Å². The molecule has 3 heterocycles. The molecule has 0 atom stereocenters. The van der Waals surface area contributed by atoms with E-state index in [-0.39, 0.29) is 0 Å². The second kappa shape index (κ2) is 8.12. The Morgan fingerprint density at radius 3 is 1.93 bits per heavy atom. The van der Waals surface area contributed by atoms with Gasteiger partial charge in [0.15, 0.2) is 11.5 Å². The molecule has 0 bridgehead atoms. The number of para-hydroxylation sites is 3. The molecule has 3 heteroatoms. The summed E-state index contributed by atoms with van der Waals surface area (Å²) in [6.07, 6.45) is 0. The van der Waals surface area contributed by atoms with Crippen LogP contribution in [-0.4, -0.2) is 9.13 Å². The number of rotatable bonds is 2. The van der Waals surface area contributed by atoms with Gasteiger partial charge in [-0.05, 0) is 80.1 Å². The Bertz CT molecular complexity index is 2290. The van der Waals surface area contributed by atoms with Crippen LogP contribution >= 0.6 is 0 Å². The van der Waals surface area contributed by atoms with Gasteiger partial charge in [-0.2, -0.15) is 0 Å². The molecular weight excluding hydrogens is 500 g/mol. The Morgan fingerprint density at radius 2 is 1.17 bits per heavy atom. The van der Waals surface area contributed by atoms with E-state index in [4.69, 9.17) is 4.74 Å². The number of fused-ring (bicyclic) bond motifs is 8. The van der Waals surface area contributed by atoms with Crippen LogP contribution in [0.25, 0.3) is 66.1 Å². The van der Waals surface area contributed by atoms with Gasteiger partial charge in [-0.1, -0.05) is 71.8 Å². The van der Waals surface area contributed by atoms with E-state index in [1.165, 1.54) is 49.2 Å². The molecule has 0 N–H and O–H groups in total. The second-order valence-corrected chi connectivity index (χ2v) is 11.2. The fraction of sp³-hybridized carbons (Fsp3) is 0.0526. The van der Waals surface area contributed by atoms with Crippen LogP contribution in [0, 0.1) is 13.8 Å². The van der Waals surface area contributed by atoms with Crippen LogP contribution < -0.4 is 4.74 Å². The van der Waals surface area contributed by atoms with Crippen molar-refractivity contribution in [3.05, 3.63) is 132 Å². The molecule has 3 nitrogen and oxygen atoms in total. The fourth-order valence-corrected chi connectivity index (χ4v) is 6.77. The molecule has 0 saturated heterocycles. The number of benzene rings is 6. The van der Waals surface area contributed by atoms with Crippen molar-refractivity contribution in [3.63, 3.8) is 0 Å². The lowest BCUT2D eigenvalue weighted by atomic mass is 10.0. The van der Waals surface area contributed by atoms with Gasteiger partial charge in [-0.15, -0.1) is 0 Å². The van der Waals surface area contributed by atoms with Crippen LogP contribution in [0.15, 0.2) is 121 Å². The molecule has 6 aromatic carbocycles. The SMILES string of the molecule is Cc1ccc2c(c1)c1cc(C)ccc1n2-c1ccc(-c2ccc3c4ccccc4n4c3c2Oc2ccccc2-4)cc1. The lowest BCUT2D eigenvalue weighted by molar-refractivity contribution is 0.478. The van der Waals surface area contributed by atoms with Gasteiger partial charge >= 0.3 is 0 Å². The average molecular weight is 527 g/mol. The van der Waals surface area contributed by atoms with Gasteiger partial charge in [0.2, 0.25) is 0 Å². The normalized spacial score (nSPS) is 12.3. The van der Waals surface area contributed by atoms with Crippen LogP contribution in [0.2, 0.25) is 0 Å². The van der Waals surface area contributed by atoms with Crippen LogP contribution in [0.5, 0.6) is 11.5 Å². The van der Waals surface area contributed by atoms with Gasteiger partial charge in [0.05, 0.1) is 27.8 Å². The Hall–Kier alpha value is -5.28. The van der Waals surface area contributed by atoms with Crippen molar-refractivity contribution in [2.45, 2.75) is 13.8 Å². The molecule has 1 aliphatic heterocycles. The highest BCUT2D eigenvalue weighted by molar-refractivity contribution is 6.14. The highest BCUT2D eigenvalue weighted by Crippen LogP contribution is 2.49. The van der Waals surface area contributed by atoms with Gasteiger partial charge in [-0.3, -0.25) is 0 Å². The van der Waals surface area contributed by atoms with Crippen molar-refractivity contribution in [2.75, 3.05) is 0 Å². The van der Waals surface area contributed by atoms with E-state index in [1.807, 2.05) is 6.07 Å². The summed E-state index contributed by atoms with van der Waals surface area (Å²) in [6, 6.07) is 43.8. The number of hydrogen-bond acceptors (Lipinski definition) is 1. The largest absolute Gasteiger partial charge is 0.452 e. The van der Waals surface area contributed by atoms with Crippen LogP contribution in [0.4, 0.5) is 0 Å². The third kappa shape index (κ3) is 3.09. The summed E-state index contributed by atoms with van der Waals surface area (Å²) in [5.41, 5.74) is 11.8. The average Bonchev–Trinajstić information content (AvgIpc) is 3.51. The minimum Gasteiger partial charge on any atom is -0.452 e. The number of aryl methyl sites for hydroxylation is 2. The third-order valence-electron chi connectivity index (χ3n) is 8.62. The molecule has 0 unspecified atom stereocenters. The van der Waals surface area contributed by atoms with Gasteiger partial charge < -0.3 is 13.9 Å². The highest BCUT2D eigenvalue weighted by Gasteiger charge is 2.26. The quantitative estimate of drug-likeness (QED) is 0.219. The standard InChI is InChI=1S/C38H26N2O/c1-23-11-19-33-30(21-23)31-22-24(2)12-20-34(31)39(33)26-15-13-25(14-16-26)27-17-18-29-28-7-3-4-8-32(28)40-35-9-5-6-10-36(35)41-38(27)37(29)40/h3-22H,1-2H3. The molecule has 194 valence electrons. The van der Waals surface area contributed by atoms with Crippen molar-refractivity contribution in [2.24, 2.45) is 0 Å². The monoisotopic (exact) mass is 526 g/mol. The van der Waals surface area contributed by atoms with E-state index in [0.29, 0.717) is 0 Å². The minimum absolute atomic E-state index is 0.877. The van der Waals surface area contributed by atoms with Crippen molar-refractivity contribution in [1.82, 2.24) is 9.13 Å². The molecule has 2 aromatic heterocycles. The van der Waals surface area contributed by atoms with Crippen LogP contribution in [-0.2, 0) is 0 Å². The first kappa shape index (κ1) is 22.5. The number of aromatic nitrogens is 2. The lowest BCUT2D eigenvalue weighted by Gasteiger charge is -2.23.